The van der Waals surface area contributed by atoms with E-state index in [1.165, 1.54) is 5.56 Å². The molecule has 3 heterocycles. The minimum Gasteiger partial charge on any atom is -0.491 e. The number of aromatic amines is 1. The maximum atomic E-state index is 6.53. The topological polar surface area (TPSA) is 74.2 Å². The Morgan fingerprint density at radius 3 is 2.74 bits per heavy atom. The van der Waals surface area contributed by atoms with E-state index in [9.17, 15) is 0 Å². The predicted molar refractivity (Wildman–Crippen MR) is 129 cm³/mol. The summed E-state index contributed by atoms with van der Waals surface area (Å²) in [5, 5.41) is 1.04. The van der Waals surface area contributed by atoms with Gasteiger partial charge in [0, 0.05) is 41.8 Å². The number of nitrogens with one attached hydrogen (secondary N) is 1. The number of halogens is 2. The van der Waals surface area contributed by atoms with Crippen molar-refractivity contribution in [2.75, 3.05) is 13.2 Å². The lowest BCUT2D eigenvalue weighted by Gasteiger charge is -2.30. The number of aryl methyl sites for hydroxylation is 2. The molecule has 2 aromatic carbocycles. The average Bonchev–Trinajstić information content (AvgIpc) is 3.61. The Balaban J connectivity index is 1.23. The van der Waals surface area contributed by atoms with Gasteiger partial charge in [0.2, 0.25) is 5.79 Å². The molecule has 0 aliphatic carbocycles. The summed E-state index contributed by atoms with van der Waals surface area (Å²) in [6.07, 6.45) is 10.4. The summed E-state index contributed by atoms with van der Waals surface area (Å²) in [4.78, 5) is 11.5. The van der Waals surface area contributed by atoms with Crippen LogP contribution in [0.5, 0.6) is 5.75 Å². The van der Waals surface area contributed by atoms with Gasteiger partial charge in [0.05, 0.1) is 24.5 Å². The van der Waals surface area contributed by atoms with Gasteiger partial charge in [0.15, 0.2) is 0 Å². The molecule has 1 N–H and O–H groups in total. The third-order valence-electron chi connectivity index (χ3n) is 5.72. The number of hydrogen-bond donors (Lipinski definition) is 1. The van der Waals surface area contributed by atoms with Crippen molar-refractivity contribution in [3.05, 3.63) is 101 Å². The van der Waals surface area contributed by atoms with E-state index in [2.05, 4.69) is 27.1 Å². The van der Waals surface area contributed by atoms with Crippen molar-refractivity contribution in [2.24, 2.45) is 0 Å². The normalized spacial score (nSPS) is 20.0. The molecule has 5 rings (SSSR count). The Bertz CT molecular complexity index is 1200. The quantitative estimate of drug-likeness (QED) is 0.349. The molecular formula is C25H24Cl2N4O3. The predicted octanol–water partition coefficient (Wildman–Crippen LogP) is 5.05. The molecule has 0 amide bonds. The number of H-pyrrole nitrogens is 1. The molecule has 34 heavy (non-hydrogen) atoms. The minimum absolute atomic E-state index is 0.270. The number of nitrogens with zero attached hydrogens (tertiary/aromatic N) is 3. The van der Waals surface area contributed by atoms with Crippen molar-refractivity contribution in [1.29, 1.82) is 0 Å². The molecule has 176 valence electrons. The number of rotatable bonds is 9. The van der Waals surface area contributed by atoms with Crippen LogP contribution in [0.25, 0.3) is 0 Å². The average molecular weight is 499 g/mol. The van der Waals surface area contributed by atoms with E-state index in [1.807, 2.05) is 35.2 Å². The highest BCUT2D eigenvalue weighted by Gasteiger charge is 2.45. The van der Waals surface area contributed by atoms with Crippen LogP contribution in [0.4, 0.5) is 0 Å². The van der Waals surface area contributed by atoms with Gasteiger partial charge in [0.1, 0.15) is 24.3 Å². The summed E-state index contributed by atoms with van der Waals surface area (Å²) < 4.78 is 20.6. The van der Waals surface area contributed by atoms with Crippen LogP contribution in [0, 0.1) is 0 Å². The highest BCUT2D eigenvalue weighted by molar-refractivity contribution is 6.35. The van der Waals surface area contributed by atoms with Gasteiger partial charge < -0.3 is 23.8 Å². The maximum Gasteiger partial charge on any atom is 0.215 e. The summed E-state index contributed by atoms with van der Waals surface area (Å²) in [6.45, 7) is 1.12. The van der Waals surface area contributed by atoms with E-state index >= 15 is 0 Å². The van der Waals surface area contributed by atoms with Gasteiger partial charge in [-0.25, -0.2) is 9.97 Å². The van der Waals surface area contributed by atoms with E-state index in [-0.39, 0.29) is 6.10 Å². The number of aromatic nitrogens is 4. The molecule has 7 nitrogen and oxygen atoms in total. The van der Waals surface area contributed by atoms with E-state index in [4.69, 9.17) is 37.4 Å². The summed E-state index contributed by atoms with van der Waals surface area (Å²) >= 11 is 12.6. The molecule has 0 bridgehead atoms. The summed E-state index contributed by atoms with van der Waals surface area (Å²) in [5.74, 6) is 0.701. The van der Waals surface area contributed by atoms with Crippen molar-refractivity contribution in [2.45, 2.75) is 31.3 Å². The Morgan fingerprint density at radius 2 is 2.00 bits per heavy atom. The molecule has 4 aromatic rings. The van der Waals surface area contributed by atoms with Crippen molar-refractivity contribution < 1.29 is 14.2 Å². The highest BCUT2D eigenvalue weighted by Crippen LogP contribution is 2.40. The van der Waals surface area contributed by atoms with E-state index in [0.29, 0.717) is 29.8 Å². The molecule has 1 aliphatic heterocycles. The van der Waals surface area contributed by atoms with Crippen molar-refractivity contribution in [3.63, 3.8) is 0 Å². The zero-order valence-electron chi connectivity index (χ0n) is 18.4. The van der Waals surface area contributed by atoms with Crippen LogP contribution in [0.2, 0.25) is 10.0 Å². The Hall–Kier alpha value is -2.84. The van der Waals surface area contributed by atoms with Crippen molar-refractivity contribution >= 4 is 23.2 Å². The zero-order valence-corrected chi connectivity index (χ0v) is 19.9. The Labute approximate surface area is 207 Å². The van der Waals surface area contributed by atoms with E-state index in [1.54, 1.807) is 30.9 Å². The molecule has 0 saturated carbocycles. The Kier molecular flexibility index (Phi) is 6.87. The maximum absolute atomic E-state index is 6.53. The van der Waals surface area contributed by atoms with Gasteiger partial charge in [-0.15, -0.1) is 0 Å². The summed E-state index contributed by atoms with van der Waals surface area (Å²) in [5.41, 5.74) is 1.94. The first kappa shape index (κ1) is 22.9. The lowest BCUT2D eigenvalue weighted by Crippen LogP contribution is -2.34. The molecule has 2 atom stereocenters. The standard InChI is InChI=1S/C25H24Cl2N4O3/c26-19-4-7-22(23(27)13-19)25(16-31-12-11-28-17-31)33-15-21(34-25)14-32-20-5-1-18(2-6-20)3-8-24-29-9-10-30-24/h1-2,4-7,9-13,17,21H,3,8,14-16H2,(H,29,30)/t21-,25+/m0/s1. The molecule has 0 radical (unpaired) electrons. The largest absolute Gasteiger partial charge is 0.491 e. The summed E-state index contributed by atoms with van der Waals surface area (Å²) in [7, 11) is 0. The van der Waals surface area contributed by atoms with Gasteiger partial charge in [-0.1, -0.05) is 41.4 Å². The third-order valence-corrected chi connectivity index (χ3v) is 6.26. The van der Waals surface area contributed by atoms with Gasteiger partial charge in [-0.2, -0.15) is 0 Å². The van der Waals surface area contributed by atoms with Crippen molar-refractivity contribution in [1.82, 2.24) is 19.5 Å². The molecule has 1 fully saturated rings. The van der Waals surface area contributed by atoms with Gasteiger partial charge in [-0.05, 0) is 36.2 Å². The van der Waals surface area contributed by atoms with Crippen molar-refractivity contribution in [3.8, 4) is 5.75 Å². The molecule has 2 aromatic heterocycles. The van der Waals surface area contributed by atoms with Gasteiger partial charge >= 0.3 is 0 Å². The van der Waals surface area contributed by atoms with Crippen LogP contribution in [0.15, 0.2) is 73.6 Å². The number of benzene rings is 2. The molecule has 0 spiro atoms. The van der Waals surface area contributed by atoms with Crippen LogP contribution >= 0.6 is 23.2 Å². The van der Waals surface area contributed by atoms with Crippen LogP contribution in [-0.2, 0) is 34.6 Å². The summed E-state index contributed by atoms with van der Waals surface area (Å²) in [6, 6.07) is 13.4. The van der Waals surface area contributed by atoms with E-state index < -0.39 is 5.79 Å². The molecule has 9 heteroatoms. The highest BCUT2D eigenvalue weighted by atomic mass is 35.5. The monoisotopic (exact) mass is 498 g/mol. The molecule has 0 unspecified atom stereocenters. The SMILES string of the molecule is Clc1ccc([C@]2(Cn3ccnc3)OC[C@H](COc3ccc(CCc4ncc[nH]4)cc3)O2)c(Cl)c1. The van der Waals surface area contributed by atoms with Crippen LogP contribution in [0.1, 0.15) is 17.0 Å². The molecular weight excluding hydrogens is 475 g/mol. The van der Waals surface area contributed by atoms with E-state index in [0.717, 1.165) is 30.0 Å². The fourth-order valence-electron chi connectivity index (χ4n) is 4.01. The van der Waals surface area contributed by atoms with Crippen LogP contribution < -0.4 is 4.74 Å². The zero-order chi connectivity index (χ0) is 23.4. The Morgan fingerprint density at radius 1 is 1.12 bits per heavy atom. The fraction of sp³-hybridized carbons (Fsp3) is 0.280. The first-order valence-corrected chi connectivity index (χ1v) is 11.8. The number of hydrogen-bond acceptors (Lipinski definition) is 5. The second kappa shape index (κ2) is 10.2. The molecule has 1 aliphatic rings. The van der Waals surface area contributed by atoms with Gasteiger partial charge in [0.25, 0.3) is 0 Å². The second-order valence-electron chi connectivity index (χ2n) is 8.15. The van der Waals surface area contributed by atoms with Crippen LogP contribution in [0.3, 0.4) is 0 Å². The fourth-order valence-corrected chi connectivity index (χ4v) is 4.57. The van der Waals surface area contributed by atoms with Crippen LogP contribution in [-0.4, -0.2) is 38.8 Å². The number of ether oxygens (including phenoxy) is 3. The molecule has 1 saturated heterocycles. The first-order chi connectivity index (χ1) is 16.6. The first-order valence-electron chi connectivity index (χ1n) is 11.0. The lowest BCUT2D eigenvalue weighted by atomic mass is 10.1. The second-order valence-corrected chi connectivity index (χ2v) is 9.00. The third kappa shape index (κ3) is 5.28. The van der Waals surface area contributed by atoms with Gasteiger partial charge in [-0.3, -0.25) is 0 Å². The minimum atomic E-state index is -1.06. The lowest BCUT2D eigenvalue weighted by molar-refractivity contribution is -0.189. The number of imidazole rings is 2. The smallest absolute Gasteiger partial charge is 0.215 e.